The molecule has 0 bridgehead atoms. The van der Waals surface area contributed by atoms with Gasteiger partial charge in [-0.3, -0.25) is 4.79 Å². The summed E-state index contributed by atoms with van der Waals surface area (Å²) in [6.07, 6.45) is -0.969. The van der Waals surface area contributed by atoms with Crippen LogP contribution in [0.4, 0.5) is 13.6 Å². The van der Waals surface area contributed by atoms with Crippen LogP contribution in [0.2, 0.25) is 0 Å². The number of nitrogens with zero attached hydrogens (tertiary/aromatic N) is 1. The molecule has 4 nitrogen and oxygen atoms in total. The molecule has 0 saturated carbocycles. The molecule has 1 aliphatic rings. The van der Waals surface area contributed by atoms with Gasteiger partial charge in [0.2, 0.25) is 0 Å². The Kier molecular flexibility index (Phi) is 4.46. The van der Waals surface area contributed by atoms with Crippen molar-refractivity contribution < 1.29 is 23.1 Å². The van der Waals surface area contributed by atoms with E-state index in [1.165, 1.54) is 18.2 Å². The average molecular weight is 339 g/mol. The molecule has 1 aromatic rings. The van der Waals surface area contributed by atoms with E-state index < -0.39 is 34.6 Å². The van der Waals surface area contributed by atoms with E-state index in [4.69, 9.17) is 4.74 Å². The first-order valence-corrected chi connectivity index (χ1v) is 7.90. The van der Waals surface area contributed by atoms with Crippen LogP contribution in [0.5, 0.6) is 0 Å². The van der Waals surface area contributed by atoms with Crippen molar-refractivity contribution in [2.45, 2.75) is 64.3 Å². The predicted octanol–water partition coefficient (Wildman–Crippen LogP) is 4.33. The summed E-state index contributed by atoms with van der Waals surface area (Å²) >= 11 is 0. The van der Waals surface area contributed by atoms with Crippen LogP contribution < -0.4 is 0 Å². The van der Waals surface area contributed by atoms with Gasteiger partial charge in [0.15, 0.2) is 5.67 Å². The summed E-state index contributed by atoms with van der Waals surface area (Å²) < 4.78 is 34.2. The SMILES string of the molecule is CC(C)(C)OC(=O)N1C(=O)[C@@](C)(F)CC[C@@]1(C)c1ccccc1F. The highest BCUT2D eigenvalue weighted by atomic mass is 19.1. The lowest BCUT2D eigenvalue weighted by atomic mass is 9.77. The van der Waals surface area contributed by atoms with E-state index in [1.807, 2.05) is 0 Å². The summed E-state index contributed by atoms with van der Waals surface area (Å²) in [4.78, 5) is 25.9. The van der Waals surface area contributed by atoms with E-state index in [-0.39, 0.29) is 18.4 Å². The van der Waals surface area contributed by atoms with Crippen molar-refractivity contribution >= 4 is 12.0 Å². The molecule has 1 heterocycles. The van der Waals surface area contributed by atoms with Gasteiger partial charge in [0.1, 0.15) is 11.4 Å². The Hall–Kier alpha value is -1.98. The first-order chi connectivity index (χ1) is 10.9. The summed E-state index contributed by atoms with van der Waals surface area (Å²) in [7, 11) is 0. The van der Waals surface area contributed by atoms with E-state index in [0.29, 0.717) is 0 Å². The molecule has 1 aliphatic heterocycles. The Morgan fingerprint density at radius 2 is 1.79 bits per heavy atom. The van der Waals surface area contributed by atoms with Crippen LogP contribution in [0, 0.1) is 5.82 Å². The number of hydrogen-bond acceptors (Lipinski definition) is 3. The largest absolute Gasteiger partial charge is 0.443 e. The van der Waals surface area contributed by atoms with Crippen LogP contribution in [-0.4, -0.2) is 28.2 Å². The van der Waals surface area contributed by atoms with Crippen molar-refractivity contribution in [3.05, 3.63) is 35.6 Å². The summed E-state index contributed by atoms with van der Waals surface area (Å²) in [6.45, 7) is 7.63. The Morgan fingerprint density at radius 3 is 2.33 bits per heavy atom. The molecule has 1 fully saturated rings. The third kappa shape index (κ3) is 3.28. The third-order valence-corrected chi connectivity index (χ3v) is 4.25. The molecular formula is C18H23F2NO3. The molecule has 1 saturated heterocycles. The second-order valence-corrected chi connectivity index (χ2v) is 7.57. The monoisotopic (exact) mass is 339 g/mol. The van der Waals surface area contributed by atoms with Gasteiger partial charge in [0, 0.05) is 5.56 Å². The maximum atomic E-state index is 14.6. The van der Waals surface area contributed by atoms with E-state index >= 15 is 0 Å². The van der Waals surface area contributed by atoms with Gasteiger partial charge in [-0.15, -0.1) is 0 Å². The van der Waals surface area contributed by atoms with Gasteiger partial charge < -0.3 is 4.74 Å². The van der Waals surface area contributed by atoms with Gasteiger partial charge in [0.25, 0.3) is 5.91 Å². The quantitative estimate of drug-likeness (QED) is 0.765. The summed E-state index contributed by atoms with van der Waals surface area (Å²) in [6, 6.07) is 5.89. The predicted molar refractivity (Wildman–Crippen MR) is 85.6 cm³/mol. The number of ether oxygens (including phenoxy) is 1. The number of likely N-dealkylation sites (tertiary alicyclic amines) is 1. The fourth-order valence-electron chi connectivity index (χ4n) is 2.90. The molecule has 2 atom stereocenters. The van der Waals surface area contributed by atoms with E-state index in [9.17, 15) is 18.4 Å². The van der Waals surface area contributed by atoms with Crippen molar-refractivity contribution in [1.82, 2.24) is 4.90 Å². The van der Waals surface area contributed by atoms with Crippen LogP contribution in [-0.2, 0) is 15.1 Å². The number of rotatable bonds is 1. The van der Waals surface area contributed by atoms with Gasteiger partial charge in [-0.1, -0.05) is 18.2 Å². The number of piperidine rings is 1. The first-order valence-electron chi connectivity index (χ1n) is 7.90. The molecule has 0 unspecified atom stereocenters. The van der Waals surface area contributed by atoms with E-state index in [0.717, 1.165) is 11.8 Å². The number of carbonyl (C=O) groups excluding carboxylic acids is 2. The lowest BCUT2D eigenvalue weighted by Crippen LogP contribution is -2.61. The van der Waals surface area contributed by atoms with Crippen LogP contribution in [0.1, 0.15) is 53.0 Å². The maximum Gasteiger partial charge on any atom is 0.417 e. The number of alkyl halides is 1. The summed E-state index contributed by atoms with van der Waals surface area (Å²) in [5.74, 6) is -1.56. The molecule has 0 aliphatic carbocycles. The molecular weight excluding hydrogens is 316 g/mol. The number of benzene rings is 1. The van der Waals surface area contributed by atoms with Crippen molar-refractivity contribution in [2.24, 2.45) is 0 Å². The molecule has 132 valence electrons. The minimum atomic E-state index is -2.19. The second-order valence-electron chi connectivity index (χ2n) is 7.57. The molecule has 2 rings (SSSR count). The highest BCUT2D eigenvalue weighted by Crippen LogP contribution is 2.44. The number of imide groups is 1. The Bertz CT molecular complexity index is 666. The number of amides is 2. The fraction of sp³-hybridized carbons (Fsp3) is 0.556. The van der Waals surface area contributed by atoms with Crippen LogP contribution >= 0.6 is 0 Å². The Morgan fingerprint density at radius 1 is 1.21 bits per heavy atom. The number of halogens is 2. The molecule has 1 aromatic carbocycles. The van der Waals surface area contributed by atoms with Crippen molar-refractivity contribution in [3.8, 4) is 0 Å². The van der Waals surface area contributed by atoms with Crippen molar-refractivity contribution in [3.63, 3.8) is 0 Å². The molecule has 0 spiro atoms. The zero-order valence-electron chi connectivity index (χ0n) is 14.7. The smallest absolute Gasteiger partial charge is 0.417 e. The average Bonchev–Trinajstić information content (AvgIpc) is 2.42. The topological polar surface area (TPSA) is 46.6 Å². The van der Waals surface area contributed by atoms with E-state index in [2.05, 4.69) is 0 Å². The lowest BCUT2D eigenvalue weighted by molar-refractivity contribution is -0.155. The van der Waals surface area contributed by atoms with Gasteiger partial charge in [-0.2, -0.15) is 0 Å². The molecule has 0 aromatic heterocycles. The van der Waals surface area contributed by atoms with Crippen LogP contribution in [0.3, 0.4) is 0 Å². The molecule has 0 radical (unpaired) electrons. The highest BCUT2D eigenvalue weighted by molar-refractivity contribution is 5.98. The van der Waals surface area contributed by atoms with Crippen LogP contribution in [0.15, 0.2) is 24.3 Å². The van der Waals surface area contributed by atoms with Crippen molar-refractivity contribution in [1.29, 1.82) is 0 Å². The molecule has 0 N–H and O–H groups in total. The zero-order valence-corrected chi connectivity index (χ0v) is 14.7. The third-order valence-electron chi connectivity index (χ3n) is 4.25. The van der Waals surface area contributed by atoms with Gasteiger partial charge in [-0.05, 0) is 53.5 Å². The highest BCUT2D eigenvalue weighted by Gasteiger charge is 2.55. The van der Waals surface area contributed by atoms with Gasteiger partial charge in [0.05, 0.1) is 5.54 Å². The van der Waals surface area contributed by atoms with Gasteiger partial charge in [-0.25, -0.2) is 18.5 Å². The molecule has 6 heteroatoms. The molecule has 2 amide bonds. The summed E-state index contributed by atoms with van der Waals surface area (Å²) in [5, 5.41) is 0. The molecule has 24 heavy (non-hydrogen) atoms. The second kappa shape index (κ2) is 5.83. The summed E-state index contributed by atoms with van der Waals surface area (Å²) in [5.41, 5.74) is -4.20. The maximum absolute atomic E-state index is 14.6. The van der Waals surface area contributed by atoms with E-state index in [1.54, 1.807) is 33.8 Å². The van der Waals surface area contributed by atoms with Gasteiger partial charge >= 0.3 is 6.09 Å². The normalized spacial score (nSPS) is 28.0. The Labute approximate surface area is 140 Å². The minimum Gasteiger partial charge on any atom is -0.443 e. The standard InChI is InChI=1S/C18H23F2NO3/c1-16(2,3)24-15(23)21-14(22)17(4,20)10-11-18(21,5)12-8-6-7-9-13(12)19/h6-9H,10-11H2,1-5H3/t17-,18-/m0/s1. The Balaban J connectivity index is 2.54. The number of carbonyl (C=O) groups is 2. The van der Waals surface area contributed by atoms with Crippen LogP contribution in [0.25, 0.3) is 0 Å². The fourth-order valence-corrected chi connectivity index (χ4v) is 2.90. The number of hydrogen-bond donors (Lipinski definition) is 0. The lowest BCUT2D eigenvalue weighted by Gasteiger charge is -2.47. The first kappa shape index (κ1) is 18.4. The minimum absolute atomic E-state index is 0.101. The zero-order chi connectivity index (χ0) is 18.3. The van der Waals surface area contributed by atoms with Crippen molar-refractivity contribution in [2.75, 3.05) is 0 Å².